The second kappa shape index (κ2) is 7.70. The van der Waals surface area contributed by atoms with E-state index >= 15 is 0 Å². The molecule has 1 saturated heterocycles. The molecule has 1 aliphatic heterocycles. The minimum absolute atomic E-state index is 0.0988. The molecule has 1 heterocycles. The van der Waals surface area contributed by atoms with Crippen molar-refractivity contribution in [3.8, 4) is 0 Å². The summed E-state index contributed by atoms with van der Waals surface area (Å²) in [7, 11) is 1.89. The number of likely N-dealkylation sites (N-methyl/N-ethyl adjacent to an activating group) is 2. The normalized spacial score (nSPS) is 21.4. The van der Waals surface area contributed by atoms with Crippen LogP contribution in [0.4, 0.5) is 13.6 Å². The largest absolute Gasteiger partial charge is 0.395 e. The van der Waals surface area contributed by atoms with Crippen LogP contribution >= 0.6 is 0 Å². The van der Waals surface area contributed by atoms with Crippen molar-refractivity contribution in [2.24, 2.45) is 0 Å². The first-order valence-corrected chi connectivity index (χ1v) is 7.79. The molecule has 0 saturated carbocycles. The fraction of sp³-hybridized carbons (Fsp3) is 0.562. The molecule has 1 aromatic carbocycles. The molecule has 2 rings (SSSR count). The second-order valence-corrected chi connectivity index (χ2v) is 5.75. The molecule has 23 heavy (non-hydrogen) atoms. The van der Waals surface area contributed by atoms with Crippen molar-refractivity contribution < 1.29 is 18.7 Å². The van der Waals surface area contributed by atoms with Gasteiger partial charge in [0.05, 0.1) is 18.7 Å². The highest BCUT2D eigenvalue weighted by molar-refractivity contribution is 5.74. The summed E-state index contributed by atoms with van der Waals surface area (Å²) < 4.78 is 26.7. The highest BCUT2D eigenvalue weighted by Gasteiger charge is 2.35. The molecule has 2 atom stereocenters. The number of aliphatic hydroxyl groups excluding tert-OH is 1. The molecule has 0 aromatic heterocycles. The fourth-order valence-electron chi connectivity index (χ4n) is 3.05. The number of nitrogens with zero attached hydrogens (tertiary/aromatic N) is 2. The van der Waals surface area contributed by atoms with Gasteiger partial charge in [-0.15, -0.1) is 0 Å². The Bertz CT molecular complexity index is 556. The minimum atomic E-state index is -0.886. The van der Waals surface area contributed by atoms with Crippen LogP contribution in [0.2, 0.25) is 0 Å². The van der Waals surface area contributed by atoms with Crippen LogP contribution in [0.1, 0.15) is 24.9 Å². The van der Waals surface area contributed by atoms with E-state index in [0.29, 0.717) is 12.1 Å². The Labute approximate surface area is 134 Å². The van der Waals surface area contributed by atoms with E-state index in [1.807, 2.05) is 18.9 Å². The molecule has 1 aliphatic rings. The third-order valence-electron chi connectivity index (χ3n) is 4.28. The number of halogens is 2. The maximum absolute atomic E-state index is 13.5. The van der Waals surface area contributed by atoms with E-state index in [0.717, 1.165) is 19.0 Å². The summed E-state index contributed by atoms with van der Waals surface area (Å²) >= 11 is 0. The number of aliphatic hydroxyl groups is 1. The third kappa shape index (κ3) is 3.97. The first kappa shape index (κ1) is 17.6. The third-order valence-corrected chi connectivity index (χ3v) is 4.28. The Balaban J connectivity index is 2.14. The Hall–Kier alpha value is -1.73. The minimum Gasteiger partial charge on any atom is -0.395 e. The van der Waals surface area contributed by atoms with Crippen molar-refractivity contribution in [1.29, 1.82) is 0 Å². The van der Waals surface area contributed by atoms with Crippen LogP contribution in [0.25, 0.3) is 0 Å². The lowest BCUT2D eigenvalue weighted by Gasteiger charge is -2.29. The van der Waals surface area contributed by atoms with Crippen molar-refractivity contribution in [3.63, 3.8) is 0 Å². The summed E-state index contributed by atoms with van der Waals surface area (Å²) in [4.78, 5) is 15.8. The molecular weight excluding hydrogens is 304 g/mol. The summed E-state index contributed by atoms with van der Waals surface area (Å²) in [6.45, 7) is 3.24. The number of carbonyl (C=O) groups is 1. The molecule has 7 heteroatoms. The van der Waals surface area contributed by atoms with Crippen molar-refractivity contribution >= 4 is 6.03 Å². The Morgan fingerprint density at radius 2 is 2.17 bits per heavy atom. The number of urea groups is 1. The average Bonchev–Trinajstić information content (AvgIpc) is 2.88. The number of nitrogens with one attached hydrogen (secondary N) is 1. The Morgan fingerprint density at radius 3 is 2.78 bits per heavy atom. The van der Waals surface area contributed by atoms with Crippen LogP contribution in [0.3, 0.4) is 0 Å². The predicted molar refractivity (Wildman–Crippen MR) is 83.0 cm³/mol. The zero-order chi connectivity index (χ0) is 17.0. The molecule has 0 spiro atoms. The molecular formula is C16H23F2N3O2. The van der Waals surface area contributed by atoms with E-state index in [-0.39, 0.29) is 31.3 Å². The first-order chi connectivity index (χ1) is 11.0. The number of rotatable bonds is 5. The fourth-order valence-corrected chi connectivity index (χ4v) is 3.05. The molecule has 1 aromatic rings. The molecule has 2 N–H and O–H groups in total. The van der Waals surface area contributed by atoms with Crippen LogP contribution in [0, 0.1) is 11.6 Å². The first-order valence-electron chi connectivity index (χ1n) is 7.79. The summed E-state index contributed by atoms with van der Waals surface area (Å²) in [5.41, 5.74) is 0.638. The van der Waals surface area contributed by atoms with Gasteiger partial charge in [0.15, 0.2) is 11.6 Å². The highest BCUT2D eigenvalue weighted by Crippen LogP contribution is 2.31. The summed E-state index contributed by atoms with van der Waals surface area (Å²) in [5, 5.41) is 11.9. The van der Waals surface area contributed by atoms with Gasteiger partial charge in [0.2, 0.25) is 0 Å². The predicted octanol–water partition coefficient (Wildman–Crippen LogP) is 1.73. The van der Waals surface area contributed by atoms with Gasteiger partial charge in [-0.05, 0) is 38.1 Å². The lowest BCUT2D eigenvalue weighted by molar-refractivity contribution is 0.173. The Morgan fingerprint density at radius 1 is 1.43 bits per heavy atom. The number of amides is 2. The van der Waals surface area contributed by atoms with Crippen molar-refractivity contribution in [3.05, 3.63) is 35.4 Å². The van der Waals surface area contributed by atoms with Gasteiger partial charge in [0, 0.05) is 19.6 Å². The van der Waals surface area contributed by atoms with E-state index in [1.54, 1.807) is 6.07 Å². The van der Waals surface area contributed by atoms with Gasteiger partial charge in [-0.3, -0.25) is 4.90 Å². The molecule has 0 aliphatic carbocycles. The number of hydrogen-bond acceptors (Lipinski definition) is 3. The van der Waals surface area contributed by atoms with E-state index < -0.39 is 11.6 Å². The van der Waals surface area contributed by atoms with E-state index in [4.69, 9.17) is 5.11 Å². The summed E-state index contributed by atoms with van der Waals surface area (Å²) in [5.74, 6) is -1.77. The molecule has 1 fully saturated rings. The SMILES string of the molecule is CCN(CCO)C(=O)NC1CCN(C)C1c1ccc(F)c(F)c1. The zero-order valence-corrected chi connectivity index (χ0v) is 13.4. The van der Waals surface area contributed by atoms with Crippen LogP contribution in [-0.4, -0.2) is 60.3 Å². The van der Waals surface area contributed by atoms with Gasteiger partial charge in [-0.2, -0.15) is 0 Å². The number of likely N-dealkylation sites (tertiary alicyclic amines) is 1. The molecule has 0 radical (unpaired) electrons. The van der Waals surface area contributed by atoms with Crippen LogP contribution < -0.4 is 5.32 Å². The van der Waals surface area contributed by atoms with Gasteiger partial charge in [-0.25, -0.2) is 13.6 Å². The van der Waals surface area contributed by atoms with Crippen molar-refractivity contribution in [2.45, 2.75) is 25.4 Å². The van der Waals surface area contributed by atoms with Gasteiger partial charge < -0.3 is 15.3 Å². The summed E-state index contributed by atoms with van der Waals surface area (Å²) in [6.07, 6.45) is 0.725. The number of carbonyl (C=O) groups excluding carboxylic acids is 1. The van der Waals surface area contributed by atoms with Gasteiger partial charge >= 0.3 is 6.03 Å². The topological polar surface area (TPSA) is 55.8 Å². The van der Waals surface area contributed by atoms with E-state index in [1.165, 1.54) is 11.0 Å². The lowest BCUT2D eigenvalue weighted by Crippen LogP contribution is -2.47. The quantitative estimate of drug-likeness (QED) is 0.866. The summed E-state index contributed by atoms with van der Waals surface area (Å²) in [6, 6.07) is 3.20. The molecule has 0 bridgehead atoms. The Kier molecular flexibility index (Phi) is 5.90. The zero-order valence-electron chi connectivity index (χ0n) is 13.4. The van der Waals surface area contributed by atoms with Crippen LogP contribution in [-0.2, 0) is 0 Å². The molecule has 2 amide bonds. The van der Waals surface area contributed by atoms with Gasteiger partial charge in [-0.1, -0.05) is 6.07 Å². The maximum atomic E-state index is 13.5. The lowest BCUT2D eigenvalue weighted by atomic mass is 10.00. The number of hydrogen-bond donors (Lipinski definition) is 2. The highest BCUT2D eigenvalue weighted by atomic mass is 19.2. The molecule has 2 unspecified atom stereocenters. The van der Waals surface area contributed by atoms with Crippen LogP contribution in [0.15, 0.2) is 18.2 Å². The maximum Gasteiger partial charge on any atom is 0.317 e. The van der Waals surface area contributed by atoms with Gasteiger partial charge in [0.25, 0.3) is 0 Å². The average molecular weight is 327 g/mol. The standard InChI is InChI=1S/C16H23F2N3O2/c1-3-21(8-9-22)16(23)19-14-6-7-20(2)15(14)11-4-5-12(17)13(18)10-11/h4-5,10,14-15,22H,3,6-9H2,1-2H3,(H,19,23). The van der Waals surface area contributed by atoms with Crippen molar-refractivity contribution in [2.75, 3.05) is 33.3 Å². The van der Waals surface area contributed by atoms with Crippen molar-refractivity contribution in [1.82, 2.24) is 15.1 Å². The molecule has 128 valence electrons. The second-order valence-electron chi connectivity index (χ2n) is 5.75. The monoisotopic (exact) mass is 327 g/mol. The molecule has 5 nitrogen and oxygen atoms in total. The van der Waals surface area contributed by atoms with Crippen LogP contribution in [0.5, 0.6) is 0 Å². The van der Waals surface area contributed by atoms with E-state index in [2.05, 4.69) is 5.32 Å². The van der Waals surface area contributed by atoms with Gasteiger partial charge in [0.1, 0.15) is 0 Å². The smallest absolute Gasteiger partial charge is 0.317 e. The number of benzene rings is 1. The van der Waals surface area contributed by atoms with E-state index in [9.17, 15) is 13.6 Å².